The molecule has 0 aliphatic rings. The summed E-state index contributed by atoms with van der Waals surface area (Å²) >= 11 is 0. The fourth-order valence-corrected chi connectivity index (χ4v) is 6.82. The van der Waals surface area contributed by atoms with Crippen LogP contribution in [0.15, 0.2) is 158 Å². The molecule has 0 saturated heterocycles. The SMILES string of the molecule is CC(C)[N-]C([N-]CCCCCN)n1c2ccccc2c2ccccc21.CC(C)[N-]C([NH-])n1c2ccccc2c2ccccc21.[CH2-]c1ccccc1.[CH2-]c1ccccc1.[Zr]. The number of unbranched alkanes of at least 4 members (excludes halogenated alkanes) is 2. The number of rotatable bonds is 12. The number of benzene rings is 6. The number of nitrogens with zero attached hydrogens (tertiary/aromatic N) is 5. The zero-order valence-corrected chi connectivity index (χ0v) is 37.5. The minimum atomic E-state index is -0.593. The Morgan fingerprint density at radius 1 is 0.492 bits per heavy atom. The third kappa shape index (κ3) is 13.4. The smallest absolute Gasteiger partial charge is 0.0461 e. The van der Waals surface area contributed by atoms with Crippen LogP contribution >= 0.6 is 0 Å². The molecular weight excluding hydrogens is 802 g/mol. The van der Waals surface area contributed by atoms with E-state index in [2.05, 4.69) is 110 Å². The molecule has 2 aromatic heterocycles. The van der Waals surface area contributed by atoms with Gasteiger partial charge in [0, 0.05) is 69.8 Å². The van der Waals surface area contributed by atoms with Crippen LogP contribution in [0.5, 0.6) is 0 Å². The van der Waals surface area contributed by atoms with Crippen LogP contribution in [0.4, 0.5) is 0 Å². The first-order valence-corrected chi connectivity index (χ1v) is 20.4. The van der Waals surface area contributed by atoms with Crippen molar-refractivity contribution in [3.63, 3.8) is 0 Å². The monoisotopic (exact) mass is 859 g/mol. The molecule has 0 bridgehead atoms. The number of hydrogen-bond donors (Lipinski definition) is 1. The molecule has 308 valence electrons. The van der Waals surface area contributed by atoms with Gasteiger partial charge in [-0.1, -0.05) is 125 Å². The van der Waals surface area contributed by atoms with Crippen molar-refractivity contribution in [1.82, 2.24) is 9.13 Å². The van der Waals surface area contributed by atoms with Crippen molar-refractivity contribution >= 4 is 43.6 Å². The van der Waals surface area contributed by atoms with Crippen LogP contribution in [0.2, 0.25) is 0 Å². The zero-order chi connectivity index (χ0) is 41.3. The first-order valence-electron chi connectivity index (χ1n) is 20.4. The van der Waals surface area contributed by atoms with Crippen molar-refractivity contribution < 1.29 is 26.2 Å². The van der Waals surface area contributed by atoms with Crippen LogP contribution in [-0.4, -0.2) is 34.3 Å². The molecule has 7 nitrogen and oxygen atoms in total. The second-order valence-corrected chi connectivity index (χ2v) is 14.7. The van der Waals surface area contributed by atoms with Crippen LogP contribution in [0.1, 0.15) is 70.7 Å². The van der Waals surface area contributed by atoms with E-state index < -0.39 is 6.29 Å². The summed E-state index contributed by atoms with van der Waals surface area (Å²) in [6, 6.07) is 53.7. The molecule has 59 heavy (non-hydrogen) atoms. The second kappa shape index (κ2) is 24.4. The van der Waals surface area contributed by atoms with E-state index in [1.807, 2.05) is 103 Å². The Hall–Kier alpha value is -4.66. The molecule has 0 fully saturated rings. The van der Waals surface area contributed by atoms with Gasteiger partial charge in [0.15, 0.2) is 0 Å². The van der Waals surface area contributed by atoms with Gasteiger partial charge in [-0.25, -0.2) is 0 Å². The first kappa shape index (κ1) is 47.0. The quantitative estimate of drug-likeness (QED) is 0.0960. The Kier molecular flexibility index (Phi) is 19.5. The topological polar surface area (TPSA) is 102 Å². The number of nitrogens with two attached hydrogens (primary N) is 1. The Bertz CT molecular complexity index is 2240. The van der Waals surface area contributed by atoms with E-state index in [0.29, 0.717) is 0 Å². The molecule has 2 atom stereocenters. The van der Waals surface area contributed by atoms with Gasteiger partial charge < -0.3 is 36.6 Å². The van der Waals surface area contributed by atoms with Crippen LogP contribution in [-0.2, 0) is 26.2 Å². The van der Waals surface area contributed by atoms with Crippen molar-refractivity contribution in [2.75, 3.05) is 13.1 Å². The molecule has 2 unspecified atom stereocenters. The third-order valence-corrected chi connectivity index (χ3v) is 9.42. The van der Waals surface area contributed by atoms with E-state index in [9.17, 15) is 0 Å². The normalized spacial score (nSPS) is 11.9. The molecule has 0 saturated carbocycles. The van der Waals surface area contributed by atoms with Crippen molar-refractivity contribution in [3.8, 4) is 0 Å². The minimum absolute atomic E-state index is 0. The van der Waals surface area contributed by atoms with Crippen LogP contribution in [0, 0.1) is 13.8 Å². The van der Waals surface area contributed by atoms with E-state index >= 15 is 0 Å². The van der Waals surface area contributed by atoms with Gasteiger partial charge in [-0.2, -0.15) is 61.8 Å². The fourth-order valence-electron chi connectivity index (χ4n) is 6.82. The number of aromatic nitrogens is 2. The Labute approximate surface area is 371 Å². The molecule has 6 aromatic carbocycles. The van der Waals surface area contributed by atoms with E-state index in [1.54, 1.807) is 0 Å². The van der Waals surface area contributed by atoms with Crippen molar-refractivity contribution in [1.29, 1.82) is 0 Å². The molecule has 0 aliphatic heterocycles. The van der Waals surface area contributed by atoms with Crippen LogP contribution in [0.25, 0.3) is 65.3 Å². The summed E-state index contributed by atoms with van der Waals surface area (Å²) in [5.41, 5.74) is 20.6. The molecule has 8 aromatic rings. The Morgan fingerprint density at radius 3 is 1.19 bits per heavy atom. The molecule has 8 rings (SSSR count). The molecule has 0 amide bonds. The maximum atomic E-state index is 8.32. The van der Waals surface area contributed by atoms with Gasteiger partial charge in [-0.05, 0) is 37.2 Å². The van der Waals surface area contributed by atoms with Crippen molar-refractivity contribution in [2.24, 2.45) is 5.73 Å². The summed E-state index contributed by atoms with van der Waals surface area (Å²) in [5, 5.41) is 19.2. The maximum Gasteiger partial charge on any atom is 0.0461 e. The van der Waals surface area contributed by atoms with Crippen molar-refractivity contribution in [2.45, 2.75) is 71.6 Å². The van der Waals surface area contributed by atoms with Gasteiger partial charge in [0.25, 0.3) is 0 Å². The summed E-state index contributed by atoms with van der Waals surface area (Å²) < 4.78 is 4.29. The molecule has 2 heterocycles. The predicted molar refractivity (Wildman–Crippen MR) is 251 cm³/mol. The van der Waals surface area contributed by atoms with E-state index in [1.165, 1.54) is 32.6 Å². The average molecular weight is 861 g/mol. The summed E-state index contributed by atoms with van der Waals surface area (Å²) in [4.78, 5) is 0. The maximum absolute atomic E-state index is 8.32. The molecule has 0 spiro atoms. The van der Waals surface area contributed by atoms with Crippen molar-refractivity contribution in [3.05, 3.63) is 204 Å². The Balaban J connectivity index is 0.000000197. The predicted octanol–water partition coefficient (Wildman–Crippen LogP) is 14.4. The van der Waals surface area contributed by atoms with E-state index in [-0.39, 0.29) is 44.6 Å². The van der Waals surface area contributed by atoms with Gasteiger partial charge in [0.1, 0.15) is 0 Å². The molecule has 0 aliphatic carbocycles. The molecular formula is C51H59N7Zr-6. The fraction of sp³-hybridized carbons (Fsp3) is 0.255. The molecule has 3 N–H and O–H groups in total. The summed E-state index contributed by atoms with van der Waals surface area (Å²) in [6.45, 7) is 17.3. The largest absolute Gasteiger partial charge is 0.676 e. The van der Waals surface area contributed by atoms with Crippen LogP contribution < -0.4 is 5.73 Å². The zero-order valence-electron chi connectivity index (χ0n) is 35.1. The second-order valence-electron chi connectivity index (χ2n) is 14.7. The van der Waals surface area contributed by atoms with Gasteiger partial charge in [-0.3, -0.25) is 0 Å². The molecule has 0 radical (unpaired) electrons. The molecule has 8 heteroatoms. The number of hydrogen-bond acceptors (Lipinski definition) is 1. The standard InChI is InChI=1S/C21H28N4.C16H17N3.2C7H7.Zr/c1-16(2)24-21(23-15-9-3-8-14-22)25-19-12-6-4-10-17(19)18-11-5-7-13-20(18)25;1-11(2)18-16(17)19-14-9-5-3-7-12(14)13-8-4-6-10-15(13)19;2*1-7-5-3-2-4-6-7;/h4-7,10-13,16,21H,3,8-9,14-15,22H2,1-2H3;3-11,16-17H,1-2H3;2*2-6H,1H2;/q2*-2;2*-1;. The Morgan fingerprint density at radius 2 is 0.847 bits per heavy atom. The van der Waals surface area contributed by atoms with Gasteiger partial charge >= 0.3 is 0 Å². The van der Waals surface area contributed by atoms with Crippen LogP contribution in [0.3, 0.4) is 0 Å². The minimum Gasteiger partial charge on any atom is -0.676 e. The van der Waals surface area contributed by atoms with E-state index in [0.717, 1.165) is 54.5 Å². The first-order chi connectivity index (χ1) is 28.2. The average Bonchev–Trinajstić information content (AvgIpc) is 3.75. The third-order valence-electron chi connectivity index (χ3n) is 9.42. The number of fused-ring (bicyclic) bond motifs is 6. The van der Waals surface area contributed by atoms with E-state index in [4.69, 9.17) is 22.1 Å². The number of para-hydroxylation sites is 4. The van der Waals surface area contributed by atoms with Gasteiger partial charge in [0.05, 0.1) is 0 Å². The van der Waals surface area contributed by atoms with Gasteiger partial charge in [0.2, 0.25) is 0 Å². The summed E-state index contributed by atoms with van der Waals surface area (Å²) in [6.07, 6.45) is 2.49. The number of nitrogens with one attached hydrogen (secondary N) is 1. The summed E-state index contributed by atoms with van der Waals surface area (Å²) in [7, 11) is 0. The summed E-state index contributed by atoms with van der Waals surface area (Å²) in [5.74, 6) is 0. The van der Waals surface area contributed by atoms with Gasteiger partial charge in [-0.15, -0.1) is 42.9 Å².